The summed E-state index contributed by atoms with van der Waals surface area (Å²) in [5, 5.41) is 14.8. The van der Waals surface area contributed by atoms with Gasteiger partial charge in [-0.3, -0.25) is 4.79 Å². The molecule has 1 aromatic heterocycles. The van der Waals surface area contributed by atoms with Crippen molar-refractivity contribution in [3.05, 3.63) is 35.9 Å². The summed E-state index contributed by atoms with van der Waals surface area (Å²) in [6.07, 6.45) is 1.43. The summed E-state index contributed by atoms with van der Waals surface area (Å²) in [5.41, 5.74) is 0.966. The zero-order valence-corrected chi connectivity index (χ0v) is 13.5. The number of nitrogens with zero attached hydrogens (tertiary/aromatic N) is 2. The van der Waals surface area contributed by atoms with Crippen LogP contribution in [0.15, 0.2) is 30.3 Å². The first-order valence-electron chi connectivity index (χ1n) is 6.84. The van der Waals surface area contributed by atoms with Crippen LogP contribution in [0.2, 0.25) is 0 Å². The van der Waals surface area contributed by atoms with Gasteiger partial charge in [-0.05, 0) is 29.9 Å². The Morgan fingerprint density at radius 2 is 2.18 bits per heavy atom. The molecule has 1 saturated heterocycles. The third kappa shape index (κ3) is 4.66. The molecule has 22 heavy (non-hydrogen) atoms. The molecule has 6 nitrogen and oxygen atoms in total. The van der Waals surface area contributed by atoms with Gasteiger partial charge >= 0.3 is 0 Å². The van der Waals surface area contributed by atoms with E-state index in [2.05, 4.69) is 20.8 Å². The van der Waals surface area contributed by atoms with Crippen LogP contribution in [0.4, 0.5) is 5.13 Å². The van der Waals surface area contributed by atoms with E-state index in [9.17, 15) is 4.79 Å². The molecule has 0 aliphatic carbocycles. The number of carbonyl (C=O) groups excluding carboxylic acids is 1. The molecule has 118 valence electrons. The van der Waals surface area contributed by atoms with Crippen LogP contribution in [0, 0.1) is 0 Å². The molecule has 3 rings (SSSR count). The number of aromatic nitrogens is 2. The molecule has 8 heteroatoms. The van der Waals surface area contributed by atoms with Gasteiger partial charge in [0.2, 0.25) is 11.0 Å². The number of anilines is 1. The summed E-state index contributed by atoms with van der Waals surface area (Å²) in [5.74, 6) is -0.105. The maximum Gasteiger partial charge on any atom is 0.296 e. The predicted octanol–water partition coefficient (Wildman–Crippen LogP) is 1.88. The lowest BCUT2D eigenvalue weighted by atomic mass is 10.1. The molecule has 0 saturated carbocycles. The third-order valence-electron chi connectivity index (χ3n) is 3.14. The Labute approximate surface area is 138 Å². The van der Waals surface area contributed by atoms with E-state index >= 15 is 0 Å². The van der Waals surface area contributed by atoms with Crippen LogP contribution in [-0.4, -0.2) is 35.3 Å². The smallest absolute Gasteiger partial charge is 0.296 e. The van der Waals surface area contributed by atoms with Crippen LogP contribution in [0.5, 0.6) is 5.19 Å². The van der Waals surface area contributed by atoms with Gasteiger partial charge in [0.05, 0.1) is 6.42 Å². The Morgan fingerprint density at radius 3 is 2.91 bits per heavy atom. The summed E-state index contributed by atoms with van der Waals surface area (Å²) in [4.78, 5) is 11.9. The Balaban J connectivity index is 0.00000176. The molecule has 2 heterocycles. The Kier molecular flexibility index (Phi) is 6.11. The zero-order valence-electron chi connectivity index (χ0n) is 11.8. The maximum atomic E-state index is 11.9. The lowest BCUT2D eigenvalue weighted by Gasteiger charge is -2.07. The average Bonchev–Trinajstić information content (AvgIpc) is 3.13. The molecule has 0 spiro atoms. The van der Waals surface area contributed by atoms with Gasteiger partial charge in [-0.2, -0.15) is 0 Å². The van der Waals surface area contributed by atoms with Crippen molar-refractivity contribution in [2.45, 2.75) is 18.9 Å². The number of nitrogens with one attached hydrogen (secondary N) is 2. The number of benzene rings is 1. The van der Waals surface area contributed by atoms with Gasteiger partial charge in [0, 0.05) is 6.54 Å². The highest BCUT2D eigenvalue weighted by Crippen LogP contribution is 2.24. The fraction of sp³-hybridized carbons (Fsp3) is 0.357. The van der Waals surface area contributed by atoms with Crippen molar-refractivity contribution in [3.8, 4) is 5.19 Å². The fourth-order valence-corrected chi connectivity index (χ4v) is 2.80. The summed E-state index contributed by atoms with van der Waals surface area (Å²) in [6, 6.07) is 9.58. The average molecular weight is 341 g/mol. The number of hydrogen-bond donors (Lipinski definition) is 2. The van der Waals surface area contributed by atoms with Crippen LogP contribution in [0.3, 0.4) is 0 Å². The topological polar surface area (TPSA) is 76.1 Å². The number of amides is 1. The van der Waals surface area contributed by atoms with Crippen molar-refractivity contribution in [2.24, 2.45) is 0 Å². The molecule has 2 N–H and O–H groups in total. The van der Waals surface area contributed by atoms with Gasteiger partial charge in [0.15, 0.2) is 0 Å². The van der Waals surface area contributed by atoms with Crippen LogP contribution in [0.1, 0.15) is 12.0 Å². The van der Waals surface area contributed by atoms with Gasteiger partial charge in [-0.1, -0.05) is 35.4 Å². The van der Waals surface area contributed by atoms with E-state index in [-0.39, 0.29) is 24.4 Å². The Morgan fingerprint density at radius 1 is 1.36 bits per heavy atom. The largest absolute Gasteiger partial charge is 0.464 e. The van der Waals surface area contributed by atoms with E-state index in [1.54, 1.807) is 0 Å². The number of hydrogen-bond acceptors (Lipinski definition) is 6. The first-order chi connectivity index (χ1) is 10.3. The molecular formula is C14H17ClN4O2S. The van der Waals surface area contributed by atoms with Crippen LogP contribution >= 0.6 is 23.7 Å². The van der Waals surface area contributed by atoms with Crippen molar-refractivity contribution < 1.29 is 9.53 Å². The molecule has 1 aromatic carbocycles. The summed E-state index contributed by atoms with van der Waals surface area (Å²) < 4.78 is 5.69. The molecule has 1 aliphatic heterocycles. The predicted molar refractivity (Wildman–Crippen MR) is 87.8 cm³/mol. The van der Waals surface area contributed by atoms with E-state index in [1.807, 2.05) is 30.3 Å². The Bertz CT molecular complexity index is 602. The van der Waals surface area contributed by atoms with E-state index in [0.717, 1.165) is 25.1 Å². The van der Waals surface area contributed by atoms with Crippen molar-refractivity contribution in [1.82, 2.24) is 15.5 Å². The quantitative estimate of drug-likeness (QED) is 0.869. The van der Waals surface area contributed by atoms with Gasteiger partial charge in [0.1, 0.15) is 6.10 Å². The standard InChI is InChI=1S/C14H16N4O2S.ClH/c19-12(8-10-4-2-1-3-5-10)16-13-17-18-14(21-13)20-11-6-7-15-9-11;/h1-5,11,15H,6-9H2,(H,16,17,19);1H/t11-;/m0./s1. The second-order valence-electron chi connectivity index (χ2n) is 4.82. The number of carbonyl (C=O) groups is 1. The monoisotopic (exact) mass is 340 g/mol. The lowest BCUT2D eigenvalue weighted by Crippen LogP contribution is -2.19. The van der Waals surface area contributed by atoms with Crippen LogP contribution in [0.25, 0.3) is 0 Å². The van der Waals surface area contributed by atoms with Gasteiger partial charge in [0.25, 0.3) is 5.19 Å². The highest BCUT2D eigenvalue weighted by Gasteiger charge is 2.18. The van der Waals surface area contributed by atoms with Crippen molar-refractivity contribution >= 4 is 34.8 Å². The summed E-state index contributed by atoms with van der Waals surface area (Å²) in [7, 11) is 0. The van der Waals surface area contributed by atoms with E-state index in [1.165, 1.54) is 11.3 Å². The number of rotatable bonds is 5. The molecule has 1 amide bonds. The van der Waals surface area contributed by atoms with Crippen LogP contribution < -0.4 is 15.4 Å². The fourth-order valence-electron chi connectivity index (χ4n) is 2.12. The van der Waals surface area contributed by atoms with E-state index < -0.39 is 0 Å². The molecule has 0 radical (unpaired) electrons. The van der Waals surface area contributed by atoms with Crippen molar-refractivity contribution in [2.75, 3.05) is 18.4 Å². The number of ether oxygens (including phenoxy) is 1. The molecule has 0 unspecified atom stereocenters. The second kappa shape index (κ2) is 8.07. The minimum absolute atomic E-state index is 0. The van der Waals surface area contributed by atoms with E-state index in [4.69, 9.17) is 4.74 Å². The second-order valence-corrected chi connectivity index (χ2v) is 5.76. The SMILES string of the molecule is Cl.O=C(Cc1ccccc1)Nc1nnc(O[C@H]2CCNC2)s1. The van der Waals surface area contributed by atoms with Gasteiger partial charge < -0.3 is 15.4 Å². The summed E-state index contributed by atoms with van der Waals surface area (Å²) in [6.45, 7) is 1.79. The van der Waals surface area contributed by atoms with Crippen LogP contribution in [-0.2, 0) is 11.2 Å². The molecule has 2 aromatic rings. The lowest BCUT2D eigenvalue weighted by molar-refractivity contribution is -0.115. The molecule has 1 atom stereocenters. The Hall–Kier alpha value is -1.70. The normalized spacial score (nSPS) is 16.8. The maximum absolute atomic E-state index is 11.9. The minimum atomic E-state index is -0.105. The summed E-state index contributed by atoms with van der Waals surface area (Å²) >= 11 is 1.25. The molecule has 1 aliphatic rings. The first-order valence-corrected chi connectivity index (χ1v) is 7.66. The molecule has 1 fully saturated rings. The van der Waals surface area contributed by atoms with Gasteiger partial charge in [-0.15, -0.1) is 17.5 Å². The number of halogens is 1. The van der Waals surface area contributed by atoms with Gasteiger partial charge in [-0.25, -0.2) is 0 Å². The first kappa shape index (κ1) is 16.7. The highest BCUT2D eigenvalue weighted by molar-refractivity contribution is 7.17. The zero-order chi connectivity index (χ0) is 14.5. The highest BCUT2D eigenvalue weighted by atomic mass is 35.5. The van der Waals surface area contributed by atoms with E-state index in [0.29, 0.717) is 16.7 Å². The molecular weight excluding hydrogens is 324 g/mol. The minimum Gasteiger partial charge on any atom is -0.464 e. The van der Waals surface area contributed by atoms with Crippen molar-refractivity contribution in [3.63, 3.8) is 0 Å². The van der Waals surface area contributed by atoms with Crippen molar-refractivity contribution in [1.29, 1.82) is 0 Å². The third-order valence-corrected chi connectivity index (χ3v) is 3.87. The molecule has 0 bridgehead atoms.